The van der Waals surface area contributed by atoms with Crippen LogP contribution in [0.2, 0.25) is 0 Å². The van der Waals surface area contributed by atoms with Crippen LogP contribution in [0.25, 0.3) is 97.0 Å². The monoisotopic (exact) mass is 678 g/mol. The maximum Gasteiger partial charge on any atom is 0.0440 e. The van der Waals surface area contributed by atoms with Crippen molar-refractivity contribution in [2.75, 3.05) is 0 Å². The Morgan fingerprint density at radius 2 is 0.942 bits per heavy atom. The van der Waals surface area contributed by atoms with E-state index < -0.39 is 0 Å². The second kappa shape index (κ2) is 11.0. The molecule has 52 heavy (non-hydrogen) atoms. The molecule has 0 fully saturated rings. The third kappa shape index (κ3) is 4.09. The minimum absolute atomic E-state index is 0.0377. The average Bonchev–Trinajstić information content (AvgIpc) is 3.67. The molecule has 0 aliphatic heterocycles. The van der Waals surface area contributed by atoms with Gasteiger partial charge in [0.15, 0.2) is 0 Å². The quantitative estimate of drug-likeness (QED) is 0.163. The predicted octanol–water partition coefficient (Wildman–Crippen LogP) is 14.8. The fourth-order valence-corrected chi connectivity index (χ4v) is 10.6. The molecule has 1 aliphatic carbocycles. The number of rotatable bonds is 3. The van der Waals surface area contributed by atoms with Crippen LogP contribution in [0, 0.1) is 0 Å². The third-order valence-electron chi connectivity index (χ3n) is 11.6. The zero-order valence-corrected chi connectivity index (χ0v) is 29.9. The van der Waals surface area contributed by atoms with Gasteiger partial charge in [-0.05, 0) is 101 Å². The molecule has 9 aromatic carbocycles. The number of hydrogen-bond donors (Lipinski definition) is 0. The minimum atomic E-state index is -0.0377. The second-order valence-corrected chi connectivity index (χ2v) is 15.8. The molecule has 0 N–H and O–H groups in total. The molecule has 0 spiro atoms. The SMILES string of the molecule is CC1(C)c2ccccc2-c2c1ccc1sc3c(-c4cccc(-c5c6ccccc6c(-c6ccccc6)c6ccccc56)c4)c4ccccc4cc3c21. The van der Waals surface area contributed by atoms with E-state index in [1.54, 1.807) is 0 Å². The van der Waals surface area contributed by atoms with E-state index in [1.807, 2.05) is 11.3 Å². The maximum absolute atomic E-state index is 2.45. The van der Waals surface area contributed by atoms with Crippen LogP contribution < -0.4 is 0 Å². The van der Waals surface area contributed by atoms with E-state index in [9.17, 15) is 0 Å². The lowest BCUT2D eigenvalue weighted by molar-refractivity contribution is 0.661. The van der Waals surface area contributed by atoms with Gasteiger partial charge in [0.1, 0.15) is 0 Å². The van der Waals surface area contributed by atoms with Crippen LogP contribution in [0.4, 0.5) is 0 Å². The molecular formula is C51H34S. The third-order valence-corrected chi connectivity index (χ3v) is 12.8. The van der Waals surface area contributed by atoms with Crippen LogP contribution in [0.15, 0.2) is 170 Å². The fraction of sp³-hybridized carbons (Fsp3) is 0.0588. The number of thiophene rings is 1. The molecule has 0 atom stereocenters. The highest BCUT2D eigenvalue weighted by atomic mass is 32.1. The number of fused-ring (bicyclic) bond motifs is 10. The Labute approximate surface area is 307 Å². The van der Waals surface area contributed by atoms with Gasteiger partial charge in [-0.1, -0.05) is 166 Å². The van der Waals surface area contributed by atoms with Gasteiger partial charge in [-0.3, -0.25) is 0 Å². The predicted molar refractivity (Wildman–Crippen MR) is 226 cm³/mol. The Kier molecular flexibility index (Phi) is 6.27. The van der Waals surface area contributed by atoms with E-state index in [1.165, 1.54) is 108 Å². The van der Waals surface area contributed by atoms with Crippen molar-refractivity contribution in [2.24, 2.45) is 0 Å². The van der Waals surface area contributed by atoms with Crippen molar-refractivity contribution in [3.05, 3.63) is 181 Å². The van der Waals surface area contributed by atoms with Crippen LogP contribution in [0.1, 0.15) is 25.0 Å². The van der Waals surface area contributed by atoms with E-state index in [-0.39, 0.29) is 5.41 Å². The second-order valence-electron chi connectivity index (χ2n) is 14.8. The first-order valence-corrected chi connectivity index (χ1v) is 19.0. The molecule has 0 bridgehead atoms. The van der Waals surface area contributed by atoms with Gasteiger partial charge in [0, 0.05) is 31.2 Å². The zero-order valence-electron chi connectivity index (χ0n) is 29.1. The van der Waals surface area contributed by atoms with E-state index in [0.29, 0.717) is 0 Å². The van der Waals surface area contributed by atoms with E-state index in [0.717, 1.165) is 0 Å². The Morgan fingerprint density at radius 3 is 1.65 bits per heavy atom. The average molecular weight is 679 g/mol. The van der Waals surface area contributed by atoms with E-state index >= 15 is 0 Å². The fourth-order valence-electron chi connectivity index (χ4n) is 9.33. The molecule has 0 nitrogen and oxygen atoms in total. The molecule has 0 saturated carbocycles. The summed E-state index contributed by atoms with van der Waals surface area (Å²) < 4.78 is 2.71. The highest BCUT2D eigenvalue weighted by Gasteiger charge is 2.37. The Bertz CT molecular complexity index is 3030. The summed E-state index contributed by atoms with van der Waals surface area (Å²) in [4.78, 5) is 0. The molecule has 1 aliphatic rings. The van der Waals surface area contributed by atoms with Gasteiger partial charge in [-0.15, -0.1) is 11.3 Å². The largest absolute Gasteiger partial charge is 0.134 e. The molecule has 0 radical (unpaired) electrons. The molecule has 0 unspecified atom stereocenters. The normalized spacial score (nSPS) is 13.3. The molecule has 0 amide bonds. The Morgan fingerprint density at radius 1 is 0.385 bits per heavy atom. The van der Waals surface area contributed by atoms with Gasteiger partial charge < -0.3 is 0 Å². The summed E-state index contributed by atoms with van der Waals surface area (Å²) in [6, 6.07) is 63.3. The van der Waals surface area contributed by atoms with Crippen LogP contribution >= 0.6 is 11.3 Å². The van der Waals surface area contributed by atoms with Crippen molar-refractivity contribution in [1.82, 2.24) is 0 Å². The number of hydrogen-bond acceptors (Lipinski definition) is 1. The first-order chi connectivity index (χ1) is 25.6. The summed E-state index contributed by atoms with van der Waals surface area (Å²) in [6.07, 6.45) is 0. The van der Waals surface area contributed by atoms with Crippen molar-refractivity contribution in [3.8, 4) is 44.5 Å². The molecule has 1 heterocycles. The first-order valence-electron chi connectivity index (χ1n) is 18.2. The number of benzene rings is 9. The summed E-state index contributed by atoms with van der Waals surface area (Å²) >= 11 is 1.95. The molecule has 10 aromatic rings. The van der Waals surface area contributed by atoms with Crippen molar-refractivity contribution in [1.29, 1.82) is 0 Å². The first kappa shape index (κ1) is 29.7. The zero-order chi connectivity index (χ0) is 34.6. The van der Waals surface area contributed by atoms with Crippen molar-refractivity contribution < 1.29 is 0 Å². The van der Waals surface area contributed by atoms with Crippen molar-refractivity contribution in [2.45, 2.75) is 19.3 Å². The smallest absolute Gasteiger partial charge is 0.0440 e. The molecule has 1 aromatic heterocycles. The summed E-state index contributed by atoms with van der Waals surface area (Å²) in [5, 5.41) is 10.4. The summed E-state index contributed by atoms with van der Waals surface area (Å²) in [7, 11) is 0. The van der Waals surface area contributed by atoms with Gasteiger partial charge in [0.2, 0.25) is 0 Å². The summed E-state index contributed by atoms with van der Waals surface area (Å²) in [5.74, 6) is 0. The Balaban J connectivity index is 1.21. The van der Waals surface area contributed by atoms with Crippen LogP contribution in [0.5, 0.6) is 0 Å². The molecular weight excluding hydrogens is 645 g/mol. The lowest BCUT2D eigenvalue weighted by Gasteiger charge is -2.21. The summed E-state index contributed by atoms with van der Waals surface area (Å²) in [6.45, 7) is 4.76. The minimum Gasteiger partial charge on any atom is -0.134 e. The van der Waals surface area contributed by atoms with Crippen LogP contribution in [-0.4, -0.2) is 0 Å². The van der Waals surface area contributed by atoms with E-state index in [2.05, 4.69) is 184 Å². The molecule has 11 rings (SSSR count). The highest BCUT2D eigenvalue weighted by Crippen LogP contribution is 2.55. The van der Waals surface area contributed by atoms with Gasteiger partial charge in [0.05, 0.1) is 0 Å². The lowest BCUT2D eigenvalue weighted by Crippen LogP contribution is -2.14. The van der Waals surface area contributed by atoms with Crippen molar-refractivity contribution >= 4 is 63.8 Å². The van der Waals surface area contributed by atoms with E-state index in [4.69, 9.17) is 0 Å². The lowest BCUT2D eigenvalue weighted by atomic mass is 9.82. The standard InChI is InChI=1S/C51H34S/c1-51(2)42-26-13-12-25-40(42)48-43(51)27-28-44-49(48)41-30-32-17-6-7-20-35(32)47(50(41)52-44)34-19-14-18-33(29-34)46-38-23-10-8-21-36(38)45(31-15-4-3-5-16-31)37-22-9-11-24-39(37)46/h3-30H,1-2H3. The van der Waals surface area contributed by atoms with Crippen LogP contribution in [-0.2, 0) is 5.41 Å². The van der Waals surface area contributed by atoms with Crippen molar-refractivity contribution in [3.63, 3.8) is 0 Å². The Hall–Kier alpha value is -6.02. The molecule has 244 valence electrons. The van der Waals surface area contributed by atoms with Gasteiger partial charge in [0.25, 0.3) is 0 Å². The van der Waals surface area contributed by atoms with Gasteiger partial charge in [-0.2, -0.15) is 0 Å². The van der Waals surface area contributed by atoms with Gasteiger partial charge in [-0.25, -0.2) is 0 Å². The summed E-state index contributed by atoms with van der Waals surface area (Å²) in [5.41, 5.74) is 13.2. The maximum atomic E-state index is 2.45. The highest BCUT2D eigenvalue weighted by molar-refractivity contribution is 7.26. The van der Waals surface area contributed by atoms with Gasteiger partial charge >= 0.3 is 0 Å². The molecule has 0 saturated heterocycles. The molecule has 1 heteroatoms. The topological polar surface area (TPSA) is 0 Å². The van der Waals surface area contributed by atoms with Crippen LogP contribution in [0.3, 0.4) is 0 Å².